The zero-order valence-electron chi connectivity index (χ0n) is 18.3. The van der Waals surface area contributed by atoms with Crippen molar-refractivity contribution in [3.8, 4) is 0 Å². The molecule has 1 fully saturated rings. The number of nitrogens with one attached hydrogen (secondary N) is 2. The molecular weight excluding hydrogens is 422 g/mol. The molecule has 1 heterocycles. The van der Waals surface area contributed by atoms with Gasteiger partial charge in [0.1, 0.15) is 6.54 Å². The Bertz CT molecular complexity index is 1050. The number of benzene rings is 2. The Morgan fingerprint density at radius 3 is 2.55 bits per heavy atom. The van der Waals surface area contributed by atoms with E-state index in [1.165, 1.54) is 5.56 Å². The molecule has 2 aliphatic rings. The first kappa shape index (κ1) is 22.5. The quantitative estimate of drug-likeness (QED) is 0.631. The standard InChI is InChI=1S/C25H27N3O5/c29-22(27-21-8-3-6-17-5-1-2-7-20(17)21)16-33-24(31)15-26-25(32)18-10-12-19(13-11-18)28-14-4-9-23(28)30/h1-2,5,7,10-13,21H,3-4,6,8-9,14-16H2,(H,26,32)(H,27,29). The van der Waals surface area contributed by atoms with Gasteiger partial charge < -0.3 is 20.3 Å². The molecule has 33 heavy (non-hydrogen) atoms. The van der Waals surface area contributed by atoms with Gasteiger partial charge in [-0.2, -0.15) is 0 Å². The van der Waals surface area contributed by atoms with E-state index in [2.05, 4.69) is 16.7 Å². The average molecular weight is 450 g/mol. The predicted octanol–water partition coefficient (Wildman–Crippen LogP) is 2.28. The van der Waals surface area contributed by atoms with Crippen LogP contribution < -0.4 is 15.5 Å². The van der Waals surface area contributed by atoms with Gasteiger partial charge >= 0.3 is 5.97 Å². The molecule has 8 nitrogen and oxygen atoms in total. The molecule has 0 spiro atoms. The van der Waals surface area contributed by atoms with E-state index in [0.717, 1.165) is 36.9 Å². The summed E-state index contributed by atoms with van der Waals surface area (Å²) < 4.78 is 5.01. The Hall–Kier alpha value is -3.68. The topological polar surface area (TPSA) is 105 Å². The van der Waals surface area contributed by atoms with Crippen LogP contribution in [-0.2, 0) is 25.5 Å². The Kier molecular flexibility index (Phi) is 7.02. The summed E-state index contributed by atoms with van der Waals surface area (Å²) in [4.78, 5) is 50.0. The molecule has 1 aliphatic carbocycles. The summed E-state index contributed by atoms with van der Waals surface area (Å²) in [5.74, 6) is -1.42. The average Bonchev–Trinajstić information content (AvgIpc) is 3.27. The predicted molar refractivity (Wildman–Crippen MR) is 122 cm³/mol. The van der Waals surface area contributed by atoms with Gasteiger partial charge in [0.2, 0.25) is 5.91 Å². The molecular formula is C25H27N3O5. The number of fused-ring (bicyclic) bond motifs is 1. The maximum absolute atomic E-state index is 12.3. The highest BCUT2D eigenvalue weighted by Gasteiger charge is 2.23. The molecule has 8 heteroatoms. The number of carbonyl (C=O) groups excluding carboxylic acids is 4. The van der Waals surface area contributed by atoms with Crippen LogP contribution in [-0.4, -0.2) is 43.4 Å². The second-order valence-corrected chi connectivity index (χ2v) is 8.25. The van der Waals surface area contributed by atoms with Crippen LogP contribution in [0, 0.1) is 0 Å². The van der Waals surface area contributed by atoms with E-state index in [4.69, 9.17) is 4.74 Å². The highest BCUT2D eigenvalue weighted by molar-refractivity contribution is 5.98. The van der Waals surface area contributed by atoms with Crippen LogP contribution in [0.15, 0.2) is 48.5 Å². The van der Waals surface area contributed by atoms with E-state index in [0.29, 0.717) is 18.5 Å². The van der Waals surface area contributed by atoms with Crippen molar-refractivity contribution in [2.75, 3.05) is 24.6 Å². The van der Waals surface area contributed by atoms with Crippen LogP contribution in [0.3, 0.4) is 0 Å². The van der Waals surface area contributed by atoms with Gasteiger partial charge in [0.25, 0.3) is 11.8 Å². The molecule has 2 aromatic rings. The summed E-state index contributed by atoms with van der Waals surface area (Å²) in [6, 6.07) is 14.6. The van der Waals surface area contributed by atoms with Crippen molar-refractivity contribution < 1.29 is 23.9 Å². The molecule has 1 unspecified atom stereocenters. The number of hydrogen-bond acceptors (Lipinski definition) is 5. The number of carbonyl (C=O) groups is 4. The Labute approximate surface area is 192 Å². The van der Waals surface area contributed by atoms with Gasteiger partial charge in [-0.05, 0) is 61.1 Å². The number of anilines is 1. The molecule has 4 rings (SSSR count). The zero-order valence-corrected chi connectivity index (χ0v) is 18.3. The first-order valence-corrected chi connectivity index (χ1v) is 11.2. The van der Waals surface area contributed by atoms with Crippen molar-refractivity contribution in [3.63, 3.8) is 0 Å². The van der Waals surface area contributed by atoms with Crippen molar-refractivity contribution >= 4 is 29.4 Å². The lowest BCUT2D eigenvalue weighted by Gasteiger charge is -2.26. The maximum Gasteiger partial charge on any atom is 0.325 e. The van der Waals surface area contributed by atoms with Crippen LogP contribution in [0.25, 0.3) is 0 Å². The normalized spacial score (nSPS) is 17.3. The molecule has 2 N–H and O–H groups in total. The summed E-state index contributed by atoms with van der Waals surface area (Å²) in [5, 5.41) is 5.41. The summed E-state index contributed by atoms with van der Waals surface area (Å²) in [6.07, 6.45) is 4.20. The van der Waals surface area contributed by atoms with Gasteiger partial charge in [0, 0.05) is 24.2 Å². The molecule has 0 aromatic heterocycles. The van der Waals surface area contributed by atoms with E-state index in [1.807, 2.05) is 18.2 Å². The number of amides is 3. The lowest BCUT2D eigenvalue weighted by atomic mass is 9.88. The third-order valence-corrected chi connectivity index (χ3v) is 5.98. The smallest absolute Gasteiger partial charge is 0.325 e. The number of aryl methyl sites for hydroxylation is 1. The largest absolute Gasteiger partial charge is 0.454 e. The second-order valence-electron chi connectivity index (χ2n) is 8.25. The molecule has 0 bridgehead atoms. The van der Waals surface area contributed by atoms with E-state index in [-0.39, 0.29) is 24.4 Å². The number of hydrogen-bond donors (Lipinski definition) is 2. The monoisotopic (exact) mass is 449 g/mol. The Balaban J connectivity index is 1.20. The van der Waals surface area contributed by atoms with Crippen molar-refractivity contribution in [2.24, 2.45) is 0 Å². The van der Waals surface area contributed by atoms with Crippen LogP contribution in [0.2, 0.25) is 0 Å². The van der Waals surface area contributed by atoms with Crippen LogP contribution in [0.4, 0.5) is 5.69 Å². The fourth-order valence-corrected chi connectivity index (χ4v) is 4.31. The third kappa shape index (κ3) is 5.58. The molecule has 0 saturated carbocycles. The van der Waals surface area contributed by atoms with E-state index < -0.39 is 18.5 Å². The first-order valence-electron chi connectivity index (χ1n) is 11.2. The van der Waals surface area contributed by atoms with Crippen molar-refractivity contribution in [1.29, 1.82) is 0 Å². The highest BCUT2D eigenvalue weighted by atomic mass is 16.5. The molecule has 1 aliphatic heterocycles. The number of rotatable bonds is 7. The van der Waals surface area contributed by atoms with Crippen molar-refractivity contribution in [2.45, 2.75) is 38.1 Å². The lowest BCUT2D eigenvalue weighted by molar-refractivity contribution is -0.147. The molecule has 3 amide bonds. The van der Waals surface area contributed by atoms with E-state index >= 15 is 0 Å². The van der Waals surface area contributed by atoms with Gasteiger partial charge in [-0.1, -0.05) is 24.3 Å². The second kappa shape index (κ2) is 10.3. The number of ether oxygens (including phenoxy) is 1. The van der Waals surface area contributed by atoms with Crippen molar-refractivity contribution in [3.05, 3.63) is 65.2 Å². The molecule has 0 radical (unpaired) electrons. The van der Waals surface area contributed by atoms with Gasteiger partial charge in [-0.25, -0.2) is 0 Å². The summed E-state index contributed by atoms with van der Waals surface area (Å²) in [5.41, 5.74) is 3.46. The number of esters is 1. The van der Waals surface area contributed by atoms with E-state index in [9.17, 15) is 19.2 Å². The first-order chi connectivity index (χ1) is 16.0. The minimum Gasteiger partial charge on any atom is -0.454 e. The minimum atomic E-state index is -0.693. The van der Waals surface area contributed by atoms with Gasteiger partial charge in [-0.15, -0.1) is 0 Å². The fraction of sp³-hybridized carbons (Fsp3) is 0.360. The van der Waals surface area contributed by atoms with E-state index in [1.54, 1.807) is 29.2 Å². The summed E-state index contributed by atoms with van der Waals surface area (Å²) in [6.45, 7) is -0.0618. The summed E-state index contributed by atoms with van der Waals surface area (Å²) in [7, 11) is 0. The fourth-order valence-electron chi connectivity index (χ4n) is 4.31. The third-order valence-electron chi connectivity index (χ3n) is 5.98. The SMILES string of the molecule is O=C(COC(=O)CNC(=O)c1ccc(N2CCCC2=O)cc1)NC1CCCc2ccccc21. The molecule has 2 aromatic carbocycles. The van der Waals surface area contributed by atoms with Gasteiger partial charge in [0.05, 0.1) is 6.04 Å². The zero-order chi connectivity index (χ0) is 23.2. The van der Waals surface area contributed by atoms with Crippen LogP contribution in [0.1, 0.15) is 53.2 Å². The summed E-state index contributed by atoms with van der Waals surface area (Å²) >= 11 is 0. The van der Waals surface area contributed by atoms with Crippen molar-refractivity contribution in [1.82, 2.24) is 10.6 Å². The van der Waals surface area contributed by atoms with Crippen LogP contribution >= 0.6 is 0 Å². The minimum absolute atomic E-state index is 0.0756. The highest BCUT2D eigenvalue weighted by Crippen LogP contribution is 2.29. The number of nitrogens with zero attached hydrogens (tertiary/aromatic N) is 1. The molecule has 1 saturated heterocycles. The van der Waals surface area contributed by atoms with Gasteiger partial charge in [-0.3, -0.25) is 19.2 Å². The lowest BCUT2D eigenvalue weighted by Crippen LogP contribution is -2.36. The maximum atomic E-state index is 12.3. The Morgan fingerprint density at radius 1 is 1.00 bits per heavy atom. The van der Waals surface area contributed by atoms with Gasteiger partial charge in [0.15, 0.2) is 6.61 Å². The van der Waals surface area contributed by atoms with Crippen LogP contribution in [0.5, 0.6) is 0 Å². The molecule has 172 valence electrons. The Morgan fingerprint density at radius 2 is 1.79 bits per heavy atom. The molecule has 1 atom stereocenters.